The van der Waals surface area contributed by atoms with Crippen LogP contribution in [-0.4, -0.2) is 30.3 Å². The molecule has 1 rings (SSSR count). The van der Waals surface area contributed by atoms with Crippen LogP contribution in [0.25, 0.3) is 0 Å². The Morgan fingerprint density at radius 3 is 2.53 bits per heavy atom. The van der Waals surface area contributed by atoms with Crippen molar-refractivity contribution in [2.24, 2.45) is 0 Å². The van der Waals surface area contributed by atoms with E-state index in [1.54, 1.807) is 0 Å². The molecule has 0 radical (unpaired) electrons. The summed E-state index contributed by atoms with van der Waals surface area (Å²) < 4.78 is 0.952. The molecule has 0 aromatic heterocycles. The molecule has 15 heavy (non-hydrogen) atoms. The molecule has 0 heterocycles. The van der Waals surface area contributed by atoms with Crippen molar-refractivity contribution in [1.29, 1.82) is 0 Å². The Bertz CT molecular complexity index is 334. The molecule has 0 spiro atoms. The molecule has 0 saturated carbocycles. The number of ketones is 1. The van der Waals surface area contributed by atoms with Gasteiger partial charge in [-0.25, -0.2) is 0 Å². The largest absolute Gasteiger partial charge is 0.296 e. The van der Waals surface area contributed by atoms with Crippen molar-refractivity contribution in [3.8, 4) is 0 Å². The van der Waals surface area contributed by atoms with E-state index in [-0.39, 0.29) is 5.78 Å². The van der Waals surface area contributed by atoms with Gasteiger partial charge in [0.05, 0.1) is 6.54 Å². The molecule has 0 amide bonds. The maximum atomic E-state index is 11.9. The number of nitrogens with zero attached hydrogens (tertiary/aromatic N) is 1. The number of likely N-dealkylation sites (N-methyl/N-ethyl adjacent to an activating group) is 1. The molecule has 1 aromatic rings. The summed E-state index contributed by atoms with van der Waals surface area (Å²) in [5.74, 6) is 0.181. The second-order valence-electron chi connectivity index (χ2n) is 3.39. The van der Waals surface area contributed by atoms with E-state index in [0.717, 1.165) is 23.1 Å². The Morgan fingerprint density at radius 1 is 1.33 bits per heavy atom. The summed E-state index contributed by atoms with van der Waals surface area (Å²) in [5, 5.41) is 0. The molecule has 3 heteroatoms. The number of rotatable bonds is 5. The number of hydrogen-bond acceptors (Lipinski definition) is 2. The summed E-state index contributed by atoms with van der Waals surface area (Å²) >= 11 is 3.36. The molecule has 0 aliphatic heterocycles. The zero-order valence-corrected chi connectivity index (χ0v) is 10.8. The van der Waals surface area contributed by atoms with Gasteiger partial charge in [0.1, 0.15) is 0 Å². The third-order valence-corrected chi connectivity index (χ3v) is 2.90. The quantitative estimate of drug-likeness (QED) is 0.767. The zero-order chi connectivity index (χ0) is 11.3. The Morgan fingerprint density at radius 2 is 2.00 bits per heavy atom. The highest BCUT2D eigenvalue weighted by atomic mass is 79.9. The summed E-state index contributed by atoms with van der Waals surface area (Å²) in [5.41, 5.74) is 0.774. The van der Waals surface area contributed by atoms with Gasteiger partial charge in [0.25, 0.3) is 0 Å². The third kappa shape index (κ3) is 3.76. The Kier molecular flexibility index (Phi) is 4.99. The van der Waals surface area contributed by atoms with Gasteiger partial charge in [-0.1, -0.05) is 41.9 Å². The standard InChI is InChI=1S/C12H16BrNO/c1-3-14(4-2)9-12(15)10-6-5-7-11(13)8-10/h5-8H,3-4,9H2,1-2H3. The highest BCUT2D eigenvalue weighted by Crippen LogP contribution is 2.12. The Hall–Kier alpha value is -0.670. The van der Waals surface area contributed by atoms with Gasteiger partial charge < -0.3 is 0 Å². The minimum atomic E-state index is 0.181. The third-order valence-electron chi connectivity index (χ3n) is 2.41. The first-order valence-electron chi connectivity index (χ1n) is 5.18. The molecule has 82 valence electrons. The second-order valence-corrected chi connectivity index (χ2v) is 4.31. The van der Waals surface area contributed by atoms with E-state index in [4.69, 9.17) is 0 Å². The smallest absolute Gasteiger partial charge is 0.176 e. The van der Waals surface area contributed by atoms with Crippen LogP contribution in [0.3, 0.4) is 0 Å². The molecule has 0 saturated heterocycles. The highest BCUT2D eigenvalue weighted by molar-refractivity contribution is 9.10. The topological polar surface area (TPSA) is 20.3 Å². The average molecular weight is 270 g/mol. The normalized spacial score (nSPS) is 10.7. The lowest BCUT2D eigenvalue weighted by Crippen LogP contribution is -2.29. The number of halogens is 1. The lowest BCUT2D eigenvalue weighted by molar-refractivity contribution is 0.0937. The van der Waals surface area contributed by atoms with Gasteiger partial charge in [0.15, 0.2) is 5.78 Å². The van der Waals surface area contributed by atoms with E-state index < -0.39 is 0 Å². The first kappa shape index (κ1) is 12.4. The van der Waals surface area contributed by atoms with Crippen LogP contribution in [0.5, 0.6) is 0 Å². The van der Waals surface area contributed by atoms with Crippen molar-refractivity contribution in [3.63, 3.8) is 0 Å². The van der Waals surface area contributed by atoms with E-state index in [1.807, 2.05) is 24.3 Å². The summed E-state index contributed by atoms with van der Waals surface area (Å²) in [4.78, 5) is 14.0. The van der Waals surface area contributed by atoms with E-state index in [9.17, 15) is 4.79 Å². The molecule has 0 fully saturated rings. The van der Waals surface area contributed by atoms with Crippen molar-refractivity contribution >= 4 is 21.7 Å². The predicted octanol–water partition coefficient (Wildman–Crippen LogP) is 2.97. The maximum Gasteiger partial charge on any atom is 0.176 e. The number of benzene rings is 1. The van der Waals surface area contributed by atoms with E-state index in [1.165, 1.54) is 0 Å². The molecule has 0 aliphatic carbocycles. The van der Waals surface area contributed by atoms with Crippen LogP contribution in [0.2, 0.25) is 0 Å². The van der Waals surface area contributed by atoms with Crippen molar-refractivity contribution in [2.75, 3.05) is 19.6 Å². The molecule has 0 aliphatic rings. The molecule has 0 bridgehead atoms. The summed E-state index contributed by atoms with van der Waals surface area (Å²) in [6.07, 6.45) is 0. The summed E-state index contributed by atoms with van der Waals surface area (Å²) in [6, 6.07) is 7.54. The van der Waals surface area contributed by atoms with E-state index in [0.29, 0.717) is 6.54 Å². The SMILES string of the molecule is CCN(CC)CC(=O)c1cccc(Br)c1. The monoisotopic (exact) mass is 269 g/mol. The molecule has 0 atom stereocenters. The zero-order valence-electron chi connectivity index (χ0n) is 9.16. The van der Waals surface area contributed by atoms with Crippen LogP contribution < -0.4 is 0 Å². The summed E-state index contributed by atoms with van der Waals surface area (Å²) in [6.45, 7) is 6.46. The van der Waals surface area contributed by atoms with Crippen LogP contribution in [0.4, 0.5) is 0 Å². The maximum absolute atomic E-state index is 11.9. The lowest BCUT2D eigenvalue weighted by Gasteiger charge is -2.16. The van der Waals surface area contributed by atoms with Crippen LogP contribution in [0.1, 0.15) is 24.2 Å². The van der Waals surface area contributed by atoms with Crippen LogP contribution in [-0.2, 0) is 0 Å². The van der Waals surface area contributed by atoms with Gasteiger partial charge in [-0.15, -0.1) is 0 Å². The number of hydrogen-bond donors (Lipinski definition) is 0. The fourth-order valence-corrected chi connectivity index (χ4v) is 1.80. The minimum absolute atomic E-state index is 0.181. The molecule has 2 nitrogen and oxygen atoms in total. The number of carbonyl (C=O) groups is 1. The first-order valence-corrected chi connectivity index (χ1v) is 5.97. The number of carbonyl (C=O) groups excluding carboxylic acids is 1. The van der Waals surface area contributed by atoms with Crippen LogP contribution in [0, 0.1) is 0 Å². The van der Waals surface area contributed by atoms with E-state index >= 15 is 0 Å². The second kappa shape index (κ2) is 6.03. The molecule has 1 aromatic carbocycles. The first-order chi connectivity index (χ1) is 7.17. The van der Waals surface area contributed by atoms with Gasteiger partial charge in [-0.2, -0.15) is 0 Å². The van der Waals surface area contributed by atoms with Gasteiger partial charge in [-0.05, 0) is 25.2 Å². The Balaban J connectivity index is 2.68. The van der Waals surface area contributed by atoms with Crippen LogP contribution >= 0.6 is 15.9 Å². The fraction of sp³-hybridized carbons (Fsp3) is 0.417. The predicted molar refractivity (Wildman–Crippen MR) is 66.3 cm³/mol. The molecule has 0 N–H and O–H groups in total. The fourth-order valence-electron chi connectivity index (χ4n) is 1.40. The van der Waals surface area contributed by atoms with Crippen LogP contribution in [0.15, 0.2) is 28.7 Å². The van der Waals surface area contributed by atoms with Gasteiger partial charge in [0.2, 0.25) is 0 Å². The van der Waals surface area contributed by atoms with Gasteiger partial charge in [-0.3, -0.25) is 9.69 Å². The van der Waals surface area contributed by atoms with Crippen molar-refractivity contribution in [1.82, 2.24) is 4.90 Å². The Labute approximate surface area is 99.4 Å². The van der Waals surface area contributed by atoms with E-state index in [2.05, 4.69) is 34.7 Å². The minimum Gasteiger partial charge on any atom is -0.296 e. The summed E-state index contributed by atoms with van der Waals surface area (Å²) in [7, 11) is 0. The van der Waals surface area contributed by atoms with Gasteiger partial charge in [0, 0.05) is 10.0 Å². The molecule has 0 unspecified atom stereocenters. The van der Waals surface area contributed by atoms with Gasteiger partial charge >= 0.3 is 0 Å². The van der Waals surface area contributed by atoms with Crippen molar-refractivity contribution in [3.05, 3.63) is 34.3 Å². The number of Topliss-reactive ketones (excluding diaryl/α,β-unsaturated/α-hetero) is 1. The average Bonchev–Trinajstić information content (AvgIpc) is 2.25. The van der Waals surface area contributed by atoms with Crippen molar-refractivity contribution < 1.29 is 4.79 Å². The molecular formula is C12H16BrNO. The lowest BCUT2D eigenvalue weighted by atomic mass is 10.1. The van der Waals surface area contributed by atoms with Crippen molar-refractivity contribution in [2.45, 2.75) is 13.8 Å². The highest BCUT2D eigenvalue weighted by Gasteiger charge is 2.09. The molecular weight excluding hydrogens is 254 g/mol.